The number of para-hydroxylation sites is 2. The second-order valence-corrected chi connectivity index (χ2v) is 7.57. The molecule has 3 rings (SSSR count). The van der Waals surface area contributed by atoms with Gasteiger partial charge in [0.2, 0.25) is 0 Å². The summed E-state index contributed by atoms with van der Waals surface area (Å²) in [6.45, 7) is 7.85. The van der Waals surface area contributed by atoms with Crippen LogP contribution < -0.4 is 15.4 Å². The lowest BCUT2D eigenvalue weighted by molar-refractivity contribution is -0.122. The van der Waals surface area contributed by atoms with Crippen molar-refractivity contribution in [1.29, 1.82) is 0 Å². The van der Waals surface area contributed by atoms with E-state index >= 15 is 0 Å². The van der Waals surface area contributed by atoms with Crippen LogP contribution in [0.5, 0.6) is 5.75 Å². The largest absolute Gasteiger partial charge is 0.480 e. The highest BCUT2D eigenvalue weighted by atomic mass is 16.5. The van der Waals surface area contributed by atoms with Crippen LogP contribution in [0, 0.1) is 20.8 Å². The summed E-state index contributed by atoms with van der Waals surface area (Å²) in [5, 5.41) is 5.77. The number of anilines is 2. The van der Waals surface area contributed by atoms with Crippen molar-refractivity contribution in [3.8, 4) is 5.75 Å². The molecular formula is C26H28N2O3. The van der Waals surface area contributed by atoms with E-state index in [0.717, 1.165) is 16.7 Å². The maximum absolute atomic E-state index is 12.9. The van der Waals surface area contributed by atoms with E-state index in [0.29, 0.717) is 29.1 Å². The van der Waals surface area contributed by atoms with Gasteiger partial charge in [-0.1, -0.05) is 43.3 Å². The topological polar surface area (TPSA) is 67.4 Å². The molecule has 1 atom stereocenters. The van der Waals surface area contributed by atoms with E-state index in [-0.39, 0.29) is 11.8 Å². The Hall–Kier alpha value is -3.60. The van der Waals surface area contributed by atoms with Crippen LogP contribution in [0.1, 0.15) is 40.4 Å². The second kappa shape index (κ2) is 9.94. The molecule has 0 radical (unpaired) electrons. The van der Waals surface area contributed by atoms with Crippen LogP contribution in [0.2, 0.25) is 0 Å². The van der Waals surface area contributed by atoms with Gasteiger partial charge in [0.1, 0.15) is 5.75 Å². The van der Waals surface area contributed by atoms with Crippen LogP contribution in [-0.2, 0) is 4.79 Å². The zero-order chi connectivity index (χ0) is 22.4. The highest BCUT2D eigenvalue weighted by Gasteiger charge is 2.21. The van der Waals surface area contributed by atoms with Crippen LogP contribution in [0.4, 0.5) is 11.4 Å². The smallest absolute Gasteiger partial charge is 0.265 e. The van der Waals surface area contributed by atoms with Gasteiger partial charge in [0.05, 0.1) is 11.3 Å². The van der Waals surface area contributed by atoms with Gasteiger partial charge in [-0.25, -0.2) is 0 Å². The number of carbonyl (C=O) groups is 2. The molecule has 160 valence electrons. The number of ether oxygens (including phenoxy) is 1. The summed E-state index contributed by atoms with van der Waals surface area (Å²) in [4.78, 5) is 25.8. The number of nitrogens with one attached hydrogen (secondary N) is 2. The van der Waals surface area contributed by atoms with Crippen molar-refractivity contribution >= 4 is 23.2 Å². The standard InChI is InChI=1S/C26H28N2O3/c1-5-23(31-24-13-9-6-10-18(24)3)26(30)28-22-12-8-7-11-21(22)25(29)27-20-15-14-17(2)19(4)16-20/h6-16,23H,5H2,1-4H3,(H,27,29)(H,28,30). The molecule has 1 unspecified atom stereocenters. The molecule has 0 heterocycles. The first-order chi connectivity index (χ1) is 14.9. The Kier molecular flexibility index (Phi) is 7.08. The van der Waals surface area contributed by atoms with E-state index in [9.17, 15) is 9.59 Å². The molecule has 0 saturated heterocycles. The summed E-state index contributed by atoms with van der Waals surface area (Å²) >= 11 is 0. The molecule has 2 N–H and O–H groups in total. The highest BCUT2D eigenvalue weighted by Crippen LogP contribution is 2.22. The van der Waals surface area contributed by atoms with Crippen LogP contribution in [-0.4, -0.2) is 17.9 Å². The molecule has 5 nitrogen and oxygen atoms in total. The first kappa shape index (κ1) is 22.1. The van der Waals surface area contributed by atoms with Gasteiger partial charge >= 0.3 is 0 Å². The number of hydrogen-bond acceptors (Lipinski definition) is 3. The van der Waals surface area contributed by atoms with Crippen molar-refractivity contribution in [1.82, 2.24) is 0 Å². The Labute approximate surface area is 183 Å². The van der Waals surface area contributed by atoms with Gasteiger partial charge in [-0.05, 0) is 74.2 Å². The summed E-state index contributed by atoms with van der Waals surface area (Å²) in [6.07, 6.45) is -0.172. The van der Waals surface area contributed by atoms with E-state index in [1.165, 1.54) is 0 Å². The molecule has 0 saturated carbocycles. The number of carbonyl (C=O) groups excluding carboxylic acids is 2. The SMILES string of the molecule is CCC(Oc1ccccc1C)C(=O)Nc1ccccc1C(=O)Nc1ccc(C)c(C)c1. The minimum absolute atomic E-state index is 0.285. The predicted octanol–water partition coefficient (Wildman–Crippen LogP) is 5.66. The molecule has 0 spiro atoms. The maximum atomic E-state index is 12.9. The Balaban J connectivity index is 1.75. The molecule has 5 heteroatoms. The lowest BCUT2D eigenvalue weighted by Gasteiger charge is -2.19. The van der Waals surface area contributed by atoms with Gasteiger partial charge in [0.15, 0.2) is 6.10 Å². The summed E-state index contributed by atoms with van der Waals surface area (Å²) in [5.41, 5.74) is 4.76. The summed E-state index contributed by atoms with van der Waals surface area (Å²) in [6, 6.07) is 20.3. The van der Waals surface area contributed by atoms with Crippen LogP contribution >= 0.6 is 0 Å². The molecule has 3 aromatic carbocycles. The Morgan fingerprint density at radius 2 is 1.55 bits per heavy atom. The van der Waals surface area contributed by atoms with Crippen LogP contribution in [0.25, 0.3) is 0 Å². The third-order valence-electron chi connectivity index (χ3n) is 5.22. The second-order valence-electron chi connectivity index (χ2n) is 7.57. The van der Waals surface area contributed by atoms with Crippen molar-refractivity contribution in [2.75, 3.05) is 10.6 Å². The molecule has 0 aromatic heterocycles. The summed E-state index contributed by atoms with van der Waals surface area (Å²) in [5.74, 6) is 0.0921. The Morgan fingerprint density at radius 1 is 0.839 bits per heavy atom. The van der Waals surface area contributed by atoms with Crippen molar-refractivity contribution in [2.45, 2.75) is 40.2 Å². The van der Waals surface area contributed by atoms with Gasteiger partial charge in [0.25, 0.3) is 11.8 Å². The normalized spacial score (nSPS) is 11.5. The monoisotopic (exact) mass is 416 g/mol. The van der Waals surface area contributed by atoms with E-state index in [1.54, 1.807) is 24.3 Å². The third kappa shape index (κ3) is 5.51. The quantitative estimate of drug-likeness (QED) is 0.522. The van der Waals surface area contributed by atoms with Crippen LogP contribution in [0.15, 0.2) is 66.7 Å². The van der Waals surface area contributed by atoms with Gasteiger partial charge in [-0.15, -0.1) is 0 Å². The minimum atomic E-state index is -0.669. The maximum Gasteiger partial charge on any atom is 0.265 e. The average Bonchev–Trinajstić information content (AvgIpc) is 2.76. The molecular weight excluding hydrogens is 388 g/mol. The number of amides is 2. The van der Waals surface area contributed by atoms with E-state index in [2.05, 4.69) is 10.6 Å². The van der Waals surface area contributed by atoms with Gasteiger partial charge < -0.3 is 15.4 Å². The first-order valence-corrected chi connectivity index (χ1v) is 10.4. The predicted molar refractivity (Wildman–Crippen MR) is 125 cm³/mol. The average molecular weight is 417 g/mol. The lowest BCUT2D eigenvalue weighted by atomic mass is 10.1. The molecule has 0 aliphatic heterocycles. The van der Waals surface area contributed by atoms with Gasteiger partial charge in [-0.3, -0.25) is 9.59 Å². The fourth-order valence-corrected chi connectivity index (χ4v) is 3.19. The molecule has 0 aliphatic carbocycles. The van der Waals surface area contributed by atoms with E-state index in [4.69, 9.17) is 4.74 Å². The van der Waals surface area contributed by atoms with Crippen molar-refractivity contribution < 1.29 is 14.3 Å². The Bertz CT molecular complexity index is 1090. The lowest BCUT2D eigenvalue weighted by Crippen LogP contribution is -2.33. The number of rotatable bonds is 7. The number of benzene rings is 3. The molecule has 0 aliphatic rings. The molecule has 0 fully saturated rings. The first-order valence-electron chi connectivity index (χ1n) is 10.4. The van der Waals surface area contributed by atoms with Crippen molar-refractivity contribution in [3.63, 3.8) is 0 Å². The fourth-order valence-electron chi connectivity index (χ4n) is 3.19. The summed E-state index contributed by atoms with van der Waals surface area (Å²) in [7, 11) is 0. The van der Waals surface area contributed by atoms with Crippen LogP contribution in [0.3, 0.4) is 0 Å². The summed E-state index contributed by atoms with van der Waals surface area (Å²) < 4.78 is 5.94. The van der Waals surface area contributed by atoms with Gasteiger partial charge in [0, 0.05) is 5.69 Å². The number of hydrogen-bond donors (Lipinski definition) is 2. The third-order valence-corrected chi connectivity index (χ3v) is 5.22. The van der Waals surface area contributed by atoms with Gasteiger partial charge in [-0.2, -0.15) is 0 Å². The van der Waals surface area contributed by atoms with Crippen molar-refractivity contribution in [2.24, 2.45) is 0 Å². The Morgan fingerprint density at radius 3 is 2.26 bits per heavy atom. The molecule has 0 bridgehead atoms. The van der Waals surface area contributed by atoms with E-state index < -0.39 is 6.10 Å². The van der Waals surface area contributed by atoms with Crippen molar-refractivity contribution in [3.05, 3.63) is 89.0 Å². The molecule has 3 aromatic rings. The zero-order valence-corrected chi connectivity index (χ0v) is 18.4. The highest BCUT2D eigenvalue weighted by molar-refractivity contribution is 6.10. The zero-order valence-electron chi connectivity index (χ0n) is 18.4. The fraction of sp³-hybridized carbons (Fsp3) is 0.231. The molecule has 2 amide bonds. The minimum Gasteiger partial charge on any atom is -0.480 e. The molecule has 31 heavy (non-hydrogen) atoms. The van der Waals surface area contributed by atoms with E-state index in [1.807, 2.05) is 70.2 Å². The number of aryl methyl sites for hydroxylation is 3.